The van der Waals surface area contributed by atoms with E-state index in [-0.39, 0.29) is 49.8 Å². The summed E-state index contributed by atoms with van der Waals surface area (Å²) in [7, 11) is 0. The molecular weight excluding hydrogens is 403 g/mol. The van der Waals surface area contributed by atoms with Crippen molar-refractivity contribution in [2.24, 2.45) is 11.8 Å². The number of hydrogen-bond acceptors (Lipinski definition) is 6. The fourth-order valence-electron chi connectivity index (χ4n) is 2.49. The summed E-state index contributed by atoms with van der Waals surface area (Å²) in [6.45, 7) is 0.259. The van der Waals surface area contributed by atoms with Crippen LogP contribution in [0.25, 0.3) is 0 Å². The third kappa shape index (κ3) is 4.97. The second-order valence-electron chi connectivity index (χ2n) is 5.77. The first-order valence-corrected chi connectivity index (χ1v) is 10.2. The van der Waals surface area contributed by atoms with Gasteiger partial charge in [-0.15, -0.1) is 45.9 Å². The minimum atomic E-state index is -1.02. The van der Waals surface area contributed by atoms with Gasteiger partial charge in [0.15, 0.2) is 0 Å². The highest BCUT2D eigenvalue weighted by molar-refractivity contribution is 7.10. The molecule has 8 heteroatoms. The Morgan fingerprint density at radius 2 is 1.36 bits per heavy atom. The van der Waals surface area contributed by atoms with Crippen LogP contribution in [-0.2, 0) is 31.9 Å². The van der Waals surface area contributed by atoms with Crippen molar-refractivity contribution in [3.05, 3.63) is 44.8 Å². The van der Waals surface area contributed by atoms with Gasteiger partial charge in [0, 0.05) is 21.6 Å². The lowest BCUT2D eigenvalue weighted by Gasteiger charge is -2.04. The summed E-state index contributed by atoms with van der Waals surface area (Å²) in [5.74, 6) is -1.07. The number of carbonyl (C=O) groups excluding carboxylic acids is 2. The molecule has 2 atom stereocenters. The SMILES string of the molecule is O=C(Cc1cccs1)OC[C@@H]1[C@@H](COC(=O)Cc2cccs2)C1(Cl)Cl. The maximum atomic E-state index is 11.8. The summed E-state index contributed by atoms with van der Waals surface area (Å²) in [5, 5.41) is 3.82. The number of rotatable bonds is 8. The molecule has 0 bridgehead atoms. The summed E-state index contributed by atoms with van der Waals surface area (Å²) in [6.07, 6.45) is 0.477. The molecule has 0 radical (unpaired) electrons. The van der Waals surface area contributed by atoms with Crippen LogP contribution in [0.2, 0.25) is 0 Å². The molecule has 1 saturated carbocycles. The highest BCUT2D eigenvalue weighted by Crippen LogP contribution is 2.59. The van der Waals surface area contributed by atoms with Crippen molar-refractivity contribution in [1.82, 2.24) is 0 Å². The van der Waals surface area contributed by atoms with Crippen LogP contribution in [0.1, 0.15) is 9.75 Å². The van der Waals surface area contributed by atoms with Crippen LogP contribution in [0.4, 0.5) is 0 Å². The van der Waals surface area contributed by atoms with Gasteiger partial charge in [0.05, 0.1) is 26.1 Å². The number of carbonyl (C=O) groups is 2. The van der Waals surface area contributed by atoms with E-state index < -0.39 is 4.33 Å². The summed E-state index contributed by atoms with van der Waals surface area (Å²) >= 11 is 15.4. The van der Waals surface area contributed by atoms with Gasteiger partial charge in [-0.3, -0.25) is 9.59 Å². The number of thiophene rings is 2. The minimum Gasteiger partial charge on any atom is -0.465 e. The molecule has 0 aromatic carbocycles. The summed E-state index contributed by atoms with van der Waals surface area (Å²) in [5.41, 5.74) is 0. The standard InChI is InChI=1S/C17H16Cl2O4S2/c18-17(19)13(9-22-15(20)7-11-3-1-5-24-11)14(17)10-23-16(21)8-12-4-2-6-25-12/h1-6,13-14H,7-10H2/t13-,14-/m1/s1. The zero-order valence-corrected chi connectivity index (χ0v) is 16.3. The van der Waals surface area contributed by atoms with Crippen molar-refractivity contribution in [1.29, 1.82) is 0 Å². The second kappa shape index (κ2) is 8.08. The number of ether oxygens (including phenoxy) is 2. The first-order valence-electron chi connectivity index (χ1n) is 7.70. The van der Waals surface area contributed by atoms with E-state index in [4.69, 9.17) is 32.7 Å². The van der Waals surface area contributed by atoms with Gasteiger partial charge in [0.25, 0.3) is 0 Å². The van der Waals surface area contributed by atoms with Crippen molar-refractivity contribution in [2.75, 3.05) is 13.2 Å². The minimum absolute atomic E-state index is 0.129. The fraction of sp³-hybridized carbons (Fsp3) is 0.412. The molecule has 1 aliphatic rings. The van der Waals surface area contributed by atoms with Gasteiger partial charge in [-0.2, -0.15) is 0 Å². The van der Waals surface area contributed by atoms with E-state index in [1.165, 1.54) is 22.7 Å². The molecule has 134 valence electrons. The molecule has 0 saturated heterocycles. The zero-order chi connectivity index (χ0) is 17.9. The monoisotopic (exact) mass is 418 g/mol. The van der Waals surface area contributed by atoms with Crippen LogP contribution in [0.3, 0.4) is 0 Å². The molecular formula is C17H16Cl2O4S2. The average molecular weight is 419 g/mol. The highest BCUT2D eigenvalue weighted by atomic mass is 35.5. The van der Waals surface area contributed by atoms with Crippen LogP contribution in [0, 0.1) is 11.8 Å². The molecule has 0 aliphatic heterocycles. The van der Waals surface area contributed by atoms with Gasteiger partial charge >= 0.3 is 11.9 Å². The Kier molecular flexibility index (Phi) is 6.04. The molecule has 0 amide bonds. The van der Waals surface area contributed by atoms with E-state index in [0.29, 0.717) is 0 Å². The van der Waals surface area contributed by atoms with Crippen LogP contribution >= 0.6 is 45.9 Å². The lowest BCUT2D eigenvalue weighted by Crippen LogP contribution is -2.12. The summed E-state index contributed by atoms with van der Waals surface area (Å²) in [4.78, 5) is 25.5. The molecule has 0 N–H and O–H groups in total. The van der Waals surface area contributed by atoms with E-state index in [1.807, 2.05) is 35.0 Å². The summed E-state index contributed by atoms with van der Waals surface area (Å²) in [6, 6.07) is 7.53. The predicted octanol–water partition coefficient (Wildman–Crippen LogP) is 4.10. The van der Waals surface area contributed by atoms with Crippen molar-refractivity contribution in [3.8, 4) is 0 Å². The lowest BCUT2D eigenvalue weighted by atomic mass is 10.3. The molecule has 25 heavy (non-hydrogen) atoms. The van der Waals surface area contributed by atoms with Gasteiger partial charge in [0.1, 0.15) is 4.33 Å². The lowest BCUT2D eigenvalue weighted by molar-refractivity contribution is -0.145. The molecule has 2 heterocycles. The normalized spacial score (nSPS) is 20.9. The Labute approximate surface area is 163 Å². The molecule has 2 aromatic heterocycles. The third-order valence-electron chi connectivity index (χ3n) is 4.01. The van der Waals surface area contributed by atoms with E-state index >= 15 is 0 Å². The van der Waals surface area contributed by atoms with Crippen molar-refractivity contribution >= 4 is 57.8 Å². The van der Waals surface area contributed by atoms with Crippen LogP contribution in [-0.4, -0.2) is 29.5 Å². The van der Waals surface area contributed by atoms with Gasteiger partial charge in [-0.25, -0.2) is 0 Å². The van der Waals surface area contributed by atoms with Gasteiger partial charge in [-0.1, -0.05) is 12.1 Å². The first kappa shape index (κ1) is 18.7. The fourth-order valence-corrected chi connectivity index (χ4v) is 4.61. The first-order chi connectivity index (χ1) is 12.0. The quantitative estimate of drug-likeness (QED) is 0.478. The van der Waals surface area contributed by atoms with Gasteiger partial charge in [0.2, 0.25) is 0 Å². The maximum absolute atomic E-state index is 11.8. The van der Waals surface area contributed by atoms with Gasteiger partial charge in [-0.05, 0) is 22.9 Å². The Hall–Kier alpha value is -1.08. The second-order valence-corrected chi connectivity index (χ2v) is 9.27. The largest absolute Gasteiger partial charge is 0.465 e. The predicted molar refractivity (Wildman–Crippen MR) is 99.4 cm³/mol. The molecule has 4 nitrogen and oxygen atoms in total. The molecule has 1 aliphatic carbocycles. The third-order valence-corrected chi connectivity index (χ3v) is 6.88. The van der Waals surface area contributed by atoms with Crippen molar-refractivity contribution in [2.45, 2.75) is 17.2 Å². The Morgan fingerprint density at radius 3 is 1.72 bits per heavy atom. The Bertz CT molecular complexity index is 653. The molecule has 0 spiro atoms. The molecule has 0 unspecified atom stereocenters. The number of halogens is 2. The van der Waals surface area contributed by atoms with Crippen molar-refractivity contribution < 1.29 is 19.1 Å². The summed E-state index contributed by atoms with van der Waals surface area (Å²) < 4.78 is 9.49. The number of hydrogen-bond donors (Lipinski definition) is 0. The number of esters is 2. The topological polar surface area (TPSA) is 52.6 Å². The van der Waals surface area contributed by atoms with E-state index in [2.05, 4.69) is 0 Å². The van der Waals surface area contributed by atoms with Gasteiger partial charge < -0.3 is 9.47 Å². The average Bonchev–Trinajstić information content (AvgIpc) is 3.05. The zero-order valence-electron chi connectivity index (χ0n) is 13.2. The van der Waals surface area contributed by atoms with E-state index in [1.54, 1.807) is 0 Å². The Balaban J connectivity index is 1.39. The van der Waals surface area contributed by atoms with E-state index in [9.17, 15) is 9.59 Å². The van der Waals surface area contributed by atoms with Crippen LogP contribution in [0.5, 0.6) is 0 Å². The molecule has 1 fully saturated rings. The van der Waals surface area contributed by atoms with Crippen LogP contribution < -0.4 is 0 Å². The van der Waals surface area contributed by atoms with Crippen LogP contribution in [0.15, 0.2) is 35.0 Å². The Morgan fingerprint density at radius 1 is 0.920 bits per heavy atom. The number of alkyl halides is 2. The smallest absolute Gasteiger partial charge is 0.311 e. The molecule has 3 rings (SSSR count). The highest BCUT2D eigenvalue weighted by Gasteiger charge is 2.64. The van der Waals surface area contributed by atoms with Crippen molar-refractivity contribution in [3.63, 3.8) is 0 Å². The van der Waals surface area contributed by atoms with E-state index in [0.717, 1.165) is 9.75 Å². The maximum Gasteiger partial charge on any atom is 0.311 e. The molecule has 2 aromatic rings.